The molecule has 1 heterocycles. The molecule has 7 nitrogen and oxygen atoms in total. The molecule has 0 saturated heterocycles. The van der Waals surface area contributed by atoms with Gasteiger partial charge in [0.1, 0.15) is 17.3 Å². The SMILES string of the molecule is CCN(C(=O)C(C)C)C(C)c1nc2ccccc2c(=O)n1-c1cc(OC)cc(OC)c1Br. The van der Waals surface area contributed by atoms with Gasteiger partial charge in [-0.3, -0.25) is 14.2 Å². The summed E-state index contributed by atoms with van der Waals surface area (Å²) in [5.74, 6) is 1.33. The number of amides is 1. The molecular formula is C24H28BrN3O4. The maximum atomic E-state index is 13.7. The van der Waals surface area contributed by atoms with Crippen LogP contribution in [0.4, 0.5) is 0 Å². The van der Waals surface area contributed by atoms with Crippen molar-refractivity contribution in [2.75, 3.05) is 20.8 Å². The Hall–Kier alpha value is -2.87. The fraction of sp³-hybridized carbons (Fsp3) is 0.375. The monoisotopic (exact) mass is 501 g/mol. The second kappa shape index (κ2) is 9.73. The van der Waals surface area contributed by atoms with Gasteiger partial charge in [-0.15, -0.1) is 0 Å². The van der Waals surface area contributed by atoms with E-state index in [9.17, 15) is 9.59 Å². The Bertz CT molecular complexity index is 1210. The molecule has 0 radical (unpaired) electrons. The number of nitrogens with zero attached hydrogens (tertiary/aromatic N) is 3. The van der Waals surface area contributed by atoms with E-state index in [1.807, 2.05) is 33.8 Å². The van der Waals surface area contributed by atoms with Crippen molar-refractivity contribution in [3.8, 4) is 17.2 Å². The Morgan fingerprint density at radius 2 is 1.84 bits per heavy atom. The molecular weight excluding hydrogens is 474 g/mol. The molecule has 0 aliphatic carbocycles. The average molecular weight is 502 g/mol. The lowest BCUT2D eigenvalue weighted by Crippen LogP contribution is -2.39. The standard InChI is InChI=1S/C24H28BrN3O4/c1-7-27(23(29)14(2)3)15(4)22-26-18-11-9-8-10-17(18)24(30)28(22)19-12-16(31-5)13-20(32-6)21(19)25/h8-15H,7H2,1-6H3. The predicted octanol–water partition coefficient (Wildman–Crippen LogP) is 4.73. The van der Waals surface area contributed by atoms with Crippen LogP contribution in [-0.4, -0.2) is 41.1 Å². The van der Waals surface area contributed by atoms with Gasteiger partial charge in [0.2, 0.25) is 5.91 Å². The van der Waals surface area contributed by atoms with Gasteiger partial charge < -0.3 is 14.4 Å². The van der Waals surface area contributed by atoms with Crippen LogP contribution in [0.15, 0.2) is 45.7 Å². The molecule has 0 aliphatic heterocycles. The molecule has 0 aliphatic rings. The Labute approximate surface area is 196 Å². The summed E-state index contributed by atoms with van der Waals surface area (Å²) in [4.78, 5) is 33.2. The number of rotatable bonds is 7. The fourth-order valence-corrected chi connectivity index (χ4v) is 4.31. The van der Waals surface area contributed by atoms with Crippen LogP contribution < -0.4 is 15.0 Å². The Balaban J connectivity index is 2.40. The first-order valence-corrected chi connectivity index (χ1v) is 11.3. The smallest absolute Gasteiger partial charge is 0.266 e. The van der Waals surface area contributed by atoms with Crippen LogP contribution in [-0.2, 0) is 4.79 Å². The van der Waals surface area contributed by atoms with Gasteiger partial charge in [0, 0.05) is 24.6 Å². The molecule has 170 valence electrons. The number of aromatic nitrogens is 2. The van der Waals surface area contributed by atoms with Gasteiger partial charge in [0.15, 0.2) is 0 Å². The van der Waals surface area contributed by atoms with Crippen LogP contribution in [0.25, 0.3) is 16.6 Å². The number of halogens is 1. The third-order valence-electron chi connectivity index (χ3n) is 5.45. The minimum Gasteiger partial charge on any atom is -0.497 e. The quantitative estimate of drug-likeness (QED) is 0.467. The van der Waals surface area contributed by atoms with E-state index in [0.717, 1.165) is 0 Å². The number of hydrogen-bond acceptors (Lipinski definition) is 5. The predicted molar refractivity (Wildman–Crippen MR) is 129 cm³/mol. The summed E-state index contributed by atoms with van der Waals surface area (Å²) < 4.78 is 13.1. The van der Waals surface area contributed by atoms with Crippen LogP contribution in [0.1, 0.15) is 39.6 Å². The first-order valence-electron chi connectivity index (χ1n) is 10.5. The van der Waals surface area contributed by atoms with Crippen molar-refractivity contribution in [1.29, 1.82) is 0 Å². The first-order chi connectivity index (χ1) is 15.2. The number of fused-ring (bicyclic) bond motifs is 1. The zero-order valence-corrected chi connectivity index (χ0v) is 20.8. The fourth-order valence-electron chi connectivity index (χ4n) is 3.74. The van der Waals surface area contributed by atoms with Gasteiger partial charge >= 0.3 is 0 Å². The third kappa shape index (κ3) is 4.24. The normalized spacial score (nSPS) is 12.1. The van der Waals surface area contributed by atoms with Crippen LogP contribution >= 0.6 is 15.9 Å². The molecule has 3 aromatic rings. The van der Waals surface area contributed by atoms with E-state index < -0.39 is 6.04 Å². The van der Waals surface area contributed by atoms with Crippen LogP contribution in [0, 0.1) is 5.92 Å². The van der Waals surface area contributed by atoms with Crippen molar-refractivity contribution >= 4 is 32.7 Å². The summed E-state index contributed by atoms with van der Waals surface area (Å²) in [6.07, 6.45) is 0. The van der Waals surface area contributed by atoms with E-state index in [4.69, 9.17) is 14.5 Å². The third-order valence-corrected chi connectivity index (χ3v) is 6.25. The number of hydrogen-bond donors (Lipinski definition) is 0. The van der Waals surface area contributed by atoms with Gasteiger partial charge in [-0.05, 0) is 41.9 Å². The minimum atomic E-state index is -0.448. The minimum absolute atomic E-state index is 0.00348. The maximum Gasteiger partial charge on any atom is 0.266 e. The number of ether oxygens (including phenoxy) is 2. The largest absolute Gasteiger partial charge is 0.497 e. The second-order valence-electron chi connectivity index (χ2n) is 7.75. The van der Waals surface area contributed by atoms with Crippen molar-refractivity contribution in [1.82, 2.24) is 14.5 Å². The van der Waals surface area contributed by atoms with E-state index >= 15 is 0 Å². The molecule has 1 amide bonds. The highest BCUT2D eigenvalue weighted by molar-refractivity contribution is 9.10. The molecule has 1 atom stereocenters. The topological polar surface area (TPSA) is 73.7 Å². The molecule has 0 spiro atoms. The summed E-state index contributed by atoms with van der Waals surface area (Å²) in [5.41, 5.74) is 0.871. The molecule has 0 saturated carbocycles. The number of methoxy groups -OCH3 is 2. The molecule has 1 aromatic heterocycles. The summed E-state index contributed by atoms with van der Waals surface area (Å²) in [6.45, 7) is 8.03. The summed E-state index contributed by atoms with van der Waals surface area (Å²) in [6, 6.07) is 10.2. The van der Waals surface area contributed by atoms with Gasteiger partial charge in [-0.2, -0.15) is 0 Å². The highest BCUT2D eigenvalue weighted by atomic mass is 79.9. The Morgan fingerprint density at radius 1 is 1.16 bits per heavy atom. The number of para-hydroxylation sites is 1. The van der Waals surface area contributed by atoms with E-state index in [1.54, 1.807) is 54.0 Å². The van der Waals surface area contributed by atoms with Gasteiger partial charge in [0.25, 0.3) is 5.56 Å². The van der Waals surface area contributed by atoms with Gasteiger partial charge in [-0.25, -0.2) is 4.98 Å². The number of carbonyl (C=O) groups excluding carboxylic acids is 1. The molecule has 0 bridgehead atoms. The molecule has 0 fully saturated rings. The number of carbonyl (C=O) groups is 1. The lowest BCUT2D eigenvalue weighted by atomic mass is 10.1. The molecule has 1 unspecified atom stereocenters. The molecule has 8 heteroatoms. The Morgan fingerprint density at radius 3 is 2.44 bits per heavy atom. The first kappa shape index (κ1) is 23.8. The van der Waals surface area contributed by atoms with Crippen LogP contribution in [0.2, 0.25) is 0 Å². The zero-order valence-electron chi connectivity index (χ0n) is 19.2. The summed E-state index contributed by atoms with van der Waals surface area (Å²) in [7, 11) is 3.10. The van der Waals surface area contributed by atoms with Gasteiger partial charge in [-0.1, -0.05) is 26.0 Å². The zero-order chi connectivity index (χ0) is 23.6. The lowest BCUT2D eigenvalue weighted by Gasteiger charge is -2.31. The van der Waals surface area contributed by atoms with Crippen molar-refractivity contribution in [3.05, 3.63) is 57.0 Å². The van der Waals surface area contributed by atoms with Crippen molar-refractivity contribution < 1.29 is 14.3 Å². The highest BCUT2D eigenvalue weighted by Crippen LogP contribution is 2.37. The highest BCUT2D eigenvalue weighted by Gasteiger charge is 2.28. The van der Waals surface area contributed by atoms with Crippen LogP contribution in [0.3, 0.4) is 0 Å². The molecule has 0 N–H and O–H groups in total. The number of benzene rings is 2. The van der Waals surface area contributed by atoms with Crippen molar-refractivity contribution in [2.45, 2.75) is 33.7 Å². The van der Waals surface area contributed by atoms with Crippen molar-refractivity contribution in [2.24, 2.45) is 5.92 Å². The van der Waals surface area contributed by atoms with Gasteiger partial charge in [0.05, 0.1) is 41.3 Å². The van der Waals surface area contributed by atoms with E-state index in [-0.39, 0.29) is 17.4 Å². The maximum absolute atomic E-state index is 13.7. The van der Waals surface area contributed by atoms with E-state index in [1.165, 1.54) is 0 Å². The Kier molecular flexibility index (Phi) is 7.23. The van der Waals surface area contributed by atoms with E-state index in [0.29, 0.717) is 44.9 Å². The molecule has 3 rings (SSSR count). The average Bonchev–Trinajstić information content (AvgIpc) is 2.79. The second-order valence-corrected chi connectivity index (χ2v) is 8.54. The van der Waals surface area contributed by atoms with Crippen molar-refractivity contribution in [3.63, 3.8) is 0 Å². The van der Waals surface area contributed by atoms with E-state index in [2.05, 4.69) is 15.9 Å². The molecule has 32 heavy (non-hydrogen) atoms. The summed E-state index contributed by atoms with van der Waals surface area (Å²) in [5, 5.41) is 0.482. The molecule has 2 aromatic carbocycles. The van der Waals surface area contributed by atoms with Crippen LogP contribution in [0.5, 0.6) is 11.5 Å². The lowest BCUT2D eigenvalue weighted by molar-refractivity contribution is -0.136. The summed E-state index contributed by atoms with van der Waals surface area (Å²) >= 11 is 3.58.